The molecule has 4 heteroatoms. The predicted molar refractivity (Wildman–Crippen MR) is 71.7 cm³/mol. The van der Waals surface area contributed by atoms with Crippen LogP contribution in [0.15, 0.2) is 27.6 Å². The number of thioether (sulfide) groups is 1. The molecule has 1 heterocycles. The minimum Gasteiger partial charge on any atom is -0.377 e. The molecule has 0 saturated carbocycles. The monoisotopic (exact) mass is 301 g/mol. The summed E-state index contributed by atoms with van der Waals surface area (Å²) in [5.41, 5.74) is 6.94. The van der Waals surface area contributed by atoms with Crippen LogP contribution >= 0.6 is 27.7 Å². The molecule has 88 valence electrons. The van der Waals surface area contributed by atoms with Gasteiger partial charge < -0.3 is 10.5 Å². The van der Waals surface area contributed by atoms with Crippen molar-refractivity contribution in [3.05, 3.63) is 28.2 Å². The summed E-state index contributed by atoms with van der Waals surface area (Å²) in [5.74, 6) is 1.04. The van der Waals surface area contributed by atoms with Crippen LogP contribution in [0.25, 0.3) is 0 Å². The summed E-state index contributed by atoms with van der Waals surface area (Å²) in [7, 11) is 0. The van der Waals surface area contributed by atoms with Crippen molar-refractivity contribution in [2.24, 2.45) is 5.73 Å². The third kappa shape index (κ3) is 3.23. The zero-order chi connectivity index (χ0) is 11.4. The maximum absolute atomic E-state index is 5.74. The Morgan fingerprint density at radius 1 is 1.50 bits per heavy atom. The van der Waals surface area contributed by atoms with Gasteiger partial charge in [0.25, 0.3) is 0 Å². The highest BCUT2D eigenvalue weighted by Gasteiger charge is 2.16. The molecule has 2 N–H and O–H groups in total. The van der Waals surface area contributed by atoms with E-state index in [2.05, 4.69) is 34.1 Å². The lowest BCUT2D eigenvalue weighted by atomic mass is 10.2. The Bertz CT molecular complexity index is 353. The van der Waals surface area contributed by atoms with Gasteiger partial charge in [0.05, 0.1) is 6.10 Å². The van der Waals surface area contributed by atoms with E-state index in [0.29, 0.717) is 12.6 Å². The van der Waals surface area contributed by atoms with E-state index in [0.717, 1.165) is 16.8 Å². The fourth-order valence-electron chi connectivity index (χ4n) is 1.81. The van der Waals surface area contributed by atoms with Crippen molar-refractivity contribution in [3.63, 3.8) is 0 Å². The second-order valence-electron chi connectivity index (χ2n) is 3.90. The van der Waals surface area contributed by atoms with Gasteiger partial charge in [-0.05, 0) is 36.6 Å². The average molecular weight is 302 g/mol. The Labute approximate surface area is 109 Å². The van der Waals surface area contributed by atoms with Gasteiger partial charge in [-0.3, -0.25) is 0 Å². The quantitative estimate of drug-likeness (QED) is 0.868. The van der Waals surface area contributed by atoms with Crippen molar-refractivity contribution < 1.29 is 4.74 Å². The molecule has 1 saturated heterocycles. The Balaban J connectivity index is 1.97. The van der Waals surface area contributed by atoms with Crippen LogP contribution in [0.3, 0.4) is 0 Å². The summed E-state index contributed by atoms with van der Waals surface area (Å²) in [6, 6.07) is 6.29. The van der Waals surface area contributed by atoms with Crippen molar-refractivity contribution in [2.75, 3.05) is 12.4 Å². The molecule has 0 aromatic heterocycles. The van der Waals surface area contributed by atoms with Crippen LogP contribution in [0.5, 0.6) is 0 Å². The Morgan fingerprint density at radius 2 is 2.38 bits per heavy atom. The minimum absolute atomic E-state index is 0.430. The van der Waals surface area contributed by atoms with E-state index < -0.39 is 0 Å². The van der Waals surface area contributed by atoms with Crippen LogP contribution in [0, 0.1) is 0 Å². The molecule has 0 spiro atoms. The maximum Gasteiger partial charge on any atom is 0.0669 e. The van der Waals surface area contributed by atoms with Gasteiger partial charge in [-0.25, -0.2) is 0 Å². The molecule has 1 aromatic rings. The first-order chi connectivity index (χ1) is 7.79. The van der Waals surface area contributed by atoms with Gasteiger partial charge in [0.15, 0.2) is 0 Å². The van der Waals surface area contributed by atoms with Gasteiger partial charge in [0, 0.05) is 28.3 Å². The number of rotatable bonds is 4. The van der Waals surface area contributed by atoms with Gasteiger partial charge in [0.2, 0.25) is 0 Å². The summed E-state index contributed by atoms with van der Waals surface area (Å²) < 4.78 is 6.70. The maximum atomic E-state index is 5.74. The van der Waals surface area contributed by atoms with E-state index in [1.165, 1.54) is 23.3 Å². The van der Waals surface area contributed by atoms with Crippen LogP contribution in [0.2, 0.25) is 0 Å². The number of ether oxygens (including phenoxy) is 1. The standard InChI is InChI=1S/C12H16BrNOS/c13-10-3-4-12(9(6-10)7-14)16-8-11-2-1-5-15-11/h3-4,6,11H,1-2,5,7-8,14H2. The average Bonchev–Trinajstić information content (AvgIpc) is 2.80. The fraction of sp³-hybridized carbons (Fsp3) is 0.500. The van der Waals surface area contributed by atoms with Gasteiger partial charge in [-0.15, -0.1) is 11.8 Å². The number of benzene rings is 1. The highest BCUT2D eigenvalue weighted by molar-refractivity contribution is 9.10. The first kappa shape index (κ1) is 12.4. The summed E-state index contributed by atoms with van der Waals surface area (Å²) in [5, 5.41) is 0. The summed E-state index contributed by atoms with van der Waals surface area (Å²) in [6.45, 7) is 1.52. The van der Waals surface area contributed by atoms with Crippen LogP contribution in [-0.2, 0) is 11.3 Å². The second kappa shape index (κ2) is 6.05. The largest absolute Gasteiger partial charge is 0.377 e. The zero-order valence-corrected chi connectivity index (χ0v) is 11.5. The molecule has 1 aromatic carbocycles. The van der Waals surface area contributed by atoms with Gasteiger partial charge in [-0.1, -0.05) is 15.9 Å². The first-order valence-corrected chi connectivity index (χ1v) is 7.30. The van der Waals surface area contributed by atoms with Crippen LogP contribution in [-0.4, -0.2) is 18.5 Å². The number of nitrogens with two attached hydrogens (primary N) is 1. The highest BCUT2D eigenvalue weighted by atomic mass is 79.9. The molecule has 1 fully saturated rings. The molecule has 1 unspecified atom stereocenters. The van der Waals surface area contributed by atoms with E-state index in [1.54, 1.807) is 0 Å². The third-order valence-electron chi connectivity index (χ3n) is 2.69. The Hall–Kier alpha value is -0.0300. The molecule has 0 radical (unpaired) electrons. The molecule has 0 amide bonds. The van der Waals surface area contributed by atoms with Gasteiger partial charge in [0.1, 0.15) is 0 Å². The summed E-state index contributed by atoms with van der Waals surface area (Å²) in [6.07, 6.45) is 2.83. The Morgan fingerprint density at radius 3 is 3.06 bits per heavy atom. The van der Waals surface area contributed by atoms with E-state index in [9.17, 15) is 0 Å². The van der Waals surface area contributed by atoms with E-state index in [4.69, 9.17) is 10.5 Å². The predicted octanol–water partition coefficient (Wildman–Crippen LogP) is 3.18. The zero-order valence-electron chi connectivity index (χ0n) is 9.12. The first-order valence-electron chi connectivity index (χ1n) is 5.52. The molecule has 2 rings (SSSR count). The summed E-state index contributed by atoms with van der Waals surface area (Å²) in [4.78, 5) is 1.28. The molecule has 0 aliphatic carbocycles. The number of hydrogen-bond acceptors (Lipinski definition) is 3. The van der Waals surface area contributed by atoms with Crippen molar-refractivity contribution in [1.29, 1.82) is 0 Å². The second-order valence-corrected chi connectivity index (χ2v) is 5.88. The molecule has 0 bridgehead atoms. The molecule has 16 heavy (non-hydrogen) atoms. The van der Waals surface area contributed by atoms with Gasteiger partial charge in [-0.2, -0.15) is 0 Å². The van der Waals surface area contributed by atoms with E-state index >= 15 is 0 Å². The van der Waals surface area contributed by atoms with Crippen molar-refractivity contribution >= 4 is 27.7 Å². The smallest absolute Gasteiger partial charge is 0.0669 e. The Kier molecular flexibility index (Phi) is 4.70. The topological polar surface area (TPSA) is 35.2 Å². The third-order valence-corrected chi connectivity index (χ3v) is 4.43. The molecule has 1 aliphatic rings. The van der Waals surface area contributed by atoms with Crippen molar-refractivity contribution in [3.8, 4) is 0 Å². The lowest BCUT2D eigenvalue weighted by molar-refractivity contribution is 0.129. The van der Waals surface area contributed by atoms with E-state index in [-0.39, 0.29) is 0 Å². The van der Waals surface area contributed by atoms with Crippen LogP contribution in [0.1, 0.15) is 18.4 Å². The fourth-order valence-corrected chi connectivity index (χ4v) is 3.34. The number of hydrogen-bond donors (Lipinski definition) is 1. The molecule has 1 aliphatic heterocycles. The molecule has 2 nitrogen and oxygen atoms in total. The lowest BCUT2D eigenvalue weighted by Crippen LogP contribution is -2.08. The summed E-state index contributed by atoms with van der Waals surface area (Å²) >= 11 is 5.32. The van der Waals surface area contributed by atoms with Crippen LogP contribution in [0.4, 0.5) is 0 Å². The number of halogens is 1. The van der Waals surface area contributed by atoms with Crippen LogP contribution < -0.4 is 5.73 Å². The van der Waals surface area contributed by atoms with Crippen molar-refractivity contribution in [2.45, 2.75) is 30.4 Å². The molecule has 1 atom stereocenters. The highest BCUT2D eigenvalue weighted by Crippen LogP contribution is 2.28. The minimum atomic E-state index is 0.430. The van der Waals surface area contributed by atoms with Gasteiger partial charge >= 0.3 is 0 Å². The molecular formula is C12H16BrNOS. The molecular weight excluding hydrogens is 286 g/mol. The normalized spacial score (nSPS) is 20.2. The lowest BCUT2D eigenvalue weighted by Gasteiger charge is -2.11. The SMILES string of the molecule is NCc1cc(Br)ccc1SCC1CCCO1. The van der Waals surface area contributed by atoms with E-state index in [1.807, 2.05) is 11.8 Å². The van der Waals surface area contributed by atoms with Crippen molar-refractivity contribution in [1.82, 2.24) is 0 Å².